The maximum atomic E-state index is 12.1. The molecule has 160 valence electrons. The minimum atomic E-state index is -0.586. The molecule has 0 atom stereocenters. The Morgan fingerprint density at radius 2 is 1.81 bits per heavy atom. The molecule has 0 aliphatic carbocycles. The van der Waals surface area contributed by atoms with Gasteiger partial charge in [-0.05, 0) is 48.5 Å². The zero-order chi connectivity index (χ0) is 22.7. The standard InChI is InChI=1S/C23H18ClN5O2S/c1-28-21(19-4-2-3-13-26-19)27-20(23(28)32-18-11-9-17(24)10-12-18)15-5-7-16(8-6-15)22(31)29(25)14-30/h2-14H,25H2,1H3. The van der Waals surface area contributed by atoms with Crippen molar-refractivity contribution in [1.82, 2.24) is 19.5 Å². The van der Waals surface area contributed by atoms with E-state index in [0.717, 1.165) is 26.9 Å². The number of aromatic nitrogens is 3. The summed E-state index contributed by atoms with van der Waals surface area (Å²) in [6.07, 6.45) is 2.00. The highest BCUT2D eigenvalue weighted by Crippen LogP contribution is 2.38. The topological polar surface area (TPSA) is 94.1 Å². The van der Waals surface area contributed by atoms with Gasteiger partial charge in [-0.2, -0.15) is 0 Å². The lowest BCUT2D eigenvalue weighted by atomic mass is 10.1. The molecular weight excluding hydrogens is 446 g/mol. The lowest BCUT2D eigenvalue weighted by Crippen LogP contribution is -2.35. The molecular formula is C23H18ClN5O2S. The summed E-state index contributed by atoms with van der Waals surface area (Å²) in [5.41, 5.74) is 2.60. The smallest absolute Gasteiger partial charge is 0.274 e. The molecule has 0 fully saturated rings. The largest absolute Gasteiger partial charge is 0.320 e. The average molecular weight is 464 g/mol. The molecule has 7 nitrogen and oxygen atoms in total. The van der Waals surface area contributed by atoms with Crippen molar-refractivity contribution in [2.75, 3.05) is 0 Å². The summed E-state index contributed by atoms with van der Waals surface area (Å²) in [5, 5.41) is 2.08. The summed E-state index contributed by atoms with van der Waals surface area (Å²) in [6.45, 7) is 0. The number of pyridine rings is 1. The van der Waals surface area contributed by atoms with Crippen molar-refractivity contribution in [1.29, 1.82) is 0 Å². The van der Waals surface area contributed by atoms with Crippen LogP contribution in [0.3, 0.4) is 0 Å². The van der Waals surface area contributed by atoms with Crippen molar-refractivity contribution >= 4 is 35.7 Å². The van der Waals surface area contributed by atoms with E-state index in [0.29, 0.717) is 21.4 Å². The fourth-order valence-corrected chi connectivity index (χ4v) is 4.20. The van der Waals surface area contributed by atoms with Crippen LogP contribution in [0.4, 0.5) is 0 Å². The van der Waals surface area contributed by atoms with Gasteiger partial charge in [0.25, 0.3) is 5.91 Å². The van der Waals surface area contributed by atoms with E-state index in [1.165, 1.54) is 0 Å². The molecule has 4 rings (SSSR count). The van der Waals surface area contributed by atoms with Gasteiger partial charge in [-0.3, -0.25) is 14.6 Å². The number of imidazole rings is 1. The van der Waals surface area contributed by atoms with Gasteiger partial charge in [-0.25, -0.2) is 15.8 Å². The first-order valence-electron chi connectivity index (χ1n) is 9.53. The molecule has 2 aromatic carbocycles. The maximum absolute atomic E-state index is 12.1. The van der Waals surface area contributed by atoms with Gasteiger partial charge < -0.3 is 4.57 Å². The third kappa shape index (κ3) is 4.43. The number of nitrogens with zero attached hydrogens (tertiary/aromatic N) is 4. The number of benzene rings is 2. The van der Waals surface area contributed by atoms with E-state index in [-0.39, 0.29) is 6.41 Å². The van der Waals surface area contributed by atoms with Crippen molar-refractivity contribution in [2.45, 2.75) is 9.92 Å². The molecule has 32 heavy (non-hydrogen) atoms. The first kappa shape index (κ1) is 21.8. The maximum Gasteiger partial charge on any atom is 0.274 e. The number of halogens is 1. The minimum absolute atomic E-state index is 0.273. The van der Waals surface area contributed by atoms with Crippen LogP contribution in [0.2, 0.25) is 5.02 Å². The van der Waals surface area contributed by atoms with Crippen LogP contribution >= 0.6 is 23.4 Å². The van der Waals surface area contributed by atoms with E-state index in [1.54, 1.807) is 42.2 Å². The SMILES string of the molecule is Cn1c(-c2ccccn2)nc(-c2ccc(C(=O)N(N)C=O)cc2)c1Sc1ccc(Cl)cc1. The number of hydrogen-bond donors (Lipinski definition) is 1. The Morgan fingerprint density at radius 3 is 2.44 bits per heavy atom. The van der Waals surface area contributed by atoms with E-state index < -0.39 is 5.91 Å². The molecule has 0 aliphatic rings. The Kier molecular flexibility index (Phi) is 6.36. The average Bonchev–Trinajstić information content (AvgIpc) is 3.16. The van der Waals surface area contributed by atoms with Gasteiger partial charge in [-0.1, -0.05) is 41.6 Å². The first-order chi connectivity index (χ1) is 15.5. The zero-order valence-electron chi connectivity index (χ0n) is 17.0. The fourth-order valence-electron chi connectivity index (χ4n) is 3.09. The molecule has 0 aliphatic heterocycles. The molecule has 0 radical (unpaired) electrons. The summed E-state index contributed by atoms with van der Waals surface area (Å²) in [7, 11) is 1.94. The Morgan fingerprint density at radius 1 is 1.09 bits per heavy atom. The molecule has 0 bridgehead atoms. The second-order valence-corrected chi connectivity index (χ2v) is 8.31. The van der Waals surface area contributed by atoms with E-state index in [4.69, 9.17) is 22.4 Å². The molecule has 0 unspecified atom stereocenters. The molecule has 2 aromatic heterocycles. The van der Waals surface area contributed by atoms with Gasteiger partial charge in [0, 0.05) is 34.3 Å². The normalized spacial score (nSPS) is 10.7. The summed E-state index contributed by atoms with van der Waals surface area (Å²) in [4.78, 5) is 33.2. The van der Waals surface area contributed by atoms with Crippen LogP contribution in [0.25, 0.3) is 22.8 Å². The van der Waals surface area contributed by atoms with E-state index in [9.17, 15) is 9.59 Å². The van der Waals surface area contributed by atoms with Crippen molar-refractivity contribution in [3.8, 4) is 22.8 Å². The van der Waals surface area contributed by atoms with Crippen LogP contribution in [0.15, 0.2) is 82.8 Å². The van der Waals surface area contributed by atoms with Crippen LogP contribution in [-0.2, 0) is 11.8 Å². The van der Waals surface area contributed by atoms with E-state index in [1.807, 2.05) is 54.1 Å². The lowest BCUT2D eigenvalue weighted by Gasteiger charge is -2.09. The van der Waals surface area contributed by atoms with Crippen LogP contribution < -0.4 is 5.84 Å². The number of hydrazine groups is 1. The highest BCUT2D eigenvalue weighted by Gasteiger charge is 2.20. The zero-order valence-corrected chi connectivity index (χ0v) is 18.5. The number of amides is 2. The number of rotatable bonds is 6. The fraction of sp³-hybridized carbons (Fsp3) is 0.0435. The quantitative estimate of drug-likeness (QED) is 0.197. The molecule has 2 N–H and O–H groups in total. The second-order valence-electron chi connectivity index (χ2n) is 6.81. The van der Waals surface area contributed by atoms with E-state index >= 15 is 0 Å². The van der Waals surface area contributed by atoms with Crippen molar-refractivity contribution in [3.05, 3.63) is 83.5 Å². The molecule has 9 heteroatoms. The number of hydrogen-bond acceptors (Lipinski definition) is 6. The Bertz CT molecular complexity index is 1260. The van der Waals surface area contributed by atoms with Gasteiger partial charge in [0.05, 0.1) is 0 Å². The summed E-state index contributed by atoms with van der Waals surface area (Å²) in [6, 6.07) is 20.0. The third-order valence-electron chi connectivity index (χ3n) is 4.72. The van der Waals surface area contributed by atoms with Crippen molar-refractivity contribution in [2.24, 2.45) is 12.9 Å². The first-order valence-corrected chi connectivity index (χ1v) is 10.7. The molecule has 2 heterocycles. The molecule has 0 saturated heterocycles. The van der Waals surface area contributed by atoms with Crippen LogP contribution in [-0.4, -0.2) is 31.9 Å². The minimum Gasteiger partial charge on any atom is -0.320 e. The number of nitrogens with two attached hydrogens (primary N) is 1. The van der Waals surface area contributed by atoms with Gasteiger partial charge in [0.2, 0.25) is 6.41 Å². The van der Waals surface area contributed by atoms with Gasteiger partial charge in [-0.15, -0.1) is 0 Å². The predicted molar refractivity (Wildman–Crippen MR) is 124 cm³/mol. The van der Waals surface area contributed by atoms with Crippen LogP contribution in [0, 0.1) is 0 Å². The van der Waals surface area contributed by atoms with Crippen LogP contribution in [0.1, 0.15) is 10.4 Å². The van der Waals surface area contributed by atoms with Crippen molar-refractivity contribution in [3.63, 3.8) is 0 Å². The number of carbonyl (C=O) groups excluding carboxylic acids is 2. The van der Waals surface area contributed by atoms with Crippen LogP contribution in [0.5, 0.6) is 0 Å². The highest BCUT2D eigenvalue weighted by atomic mass is 35.5. The van der Waals surface area contributed by atoms with Gasteiger partial charge in [0.15, 0.2) is 5.82 Å². The summed E-state index contributed by atoms with van der Waals surface area (Å²) < 4.78 is 1.99. The highest BCUT2D eigenvalue weighted by molar-refractivity contribution is 7.99. The second kappa shape index (κ2) is 9.35. The summed E-state index contributed by atoms with van der Waals surface area (Å²) >= 11 is 7.59. The Labute approximate surface area is 193 Å². The van der Waals surface area contributed by atoms with Gasteiger partial charge in [0.1, 0.15) is 16.4 Å². The molecule has 4 aromatic rings. The monoisotopic (exact) mass is 463 g/mol. The Balaban J connectivity index is 1.78. The van der Waals surface area contributed by atoms with Crippen molar-refractivity contribution < 1.29 is 9.59 Å². The van der Waals surface area contributed by atoms with E-state index in [2.05, 4.69) is 4.98 Å². The number of imide groups is 1. The molecule has 0 saturated carbocycles. The molecule has 0 spiro atoms. The van der Waals surface area contributed by atoms with Gasteiger partial charge >= 0.3 is 0 Å². The predicted octanol–water partition coefficient (Wildman–Crippen LogP) is 4.43. The Hall–Kier alpha value is -3.46. The summed E-state index contributed by atoms with van der Waals surface area (Å²) in [5.74, 6) is 5.51. The lowest BCUT2D eigenvalue weighted by molar-refractivity contribution is -0.116. The number of carbonyl (C=O) groups is 2. The molecule has 2 amide bonds. The third-order valence-corrected chi connectivity index (χ3v) is 6.14.